The molecule has 0 aromatic heterocycles. The standard InChI is InChI=1S/C14H24N2O5/c1-9-5-11(13(18)19)3-4-15(9)14(20)16-6-12(7-17)21-8-10(16)2/h9-12,17H,3-8H2,1-2H3,(H,18,19). The summed E-state index contributed by atoms with van der Waals surface area (Å²) in [6.45, 7) is 4.96. The van der Waals surface area contributed by atoms with Crippen molar-refractivity contribution in [2.24, 2.45) is 5.92 Å². The van der Waals surface area contributed by atoms with Crippen LogP contribution in [0.5, 0.6) is 0 Å². The second-order valence-electron chi connectivity index (χ2n) is 6.02. The molecule has 0 spiro atoms. The summed E-state index contributed by atoms with van der Waals surface area (Å²) < 4.78 is 5.44. The number of likely N-dealkylation sites (tertiary alicyclic amines) is 1. The molecule has 0 aromatic rings. The number of aliphatic carboxylic acids is 1. The van der Waals surface area contributed by atoms with E-state index in [0.29, 0.717) is 32.5 Å². The predicted molar refractivity (Wildman–Crippen MR) is 74.9 cm³/mol. The number of morpholine rings is 1. The van der Waals surface area contributed by atoms with Crippen LogP contribution in [0, 0.1) is 5.92 Å². The minimum atomic E-state index is -0.783. The van der Waals surface area contributed by atoms with Crippen LogP contribution in [0.15, 0.2) is 0 Å². The van der Waals surface area contributed by atoms with Crippen molar-refractivity contribution in [3.8, 4) is 0 Å². The number of amides is 2. The van der Waals surface area contributed by atoms with Gasteiger partial charge in [-0.1, -0.05) is 0 Å². The van der Waals surface area contributed by atoms with E-state index in [1.165, 1.54) is 0 Å². The van der Waals surface area contributed by atoms with Crippen molar-refractivity contribution in [1.29, 1.82) is 0 Å². The third kappa shape index (κ3) is 3.47. The largest absolute Gasteiger partial charge is 0.481 e. The summed E-state index contributed by atoms with van der Waals surface area (Å²) in [4.78, 5) is 27.2. The zero-order valence-corrected chi connectivity index (χ0v) is 12.6. The molecule has 4 atom stereocenters. The Bertz CT molecular complexity index is 403. The number of hydrogen-bond donors (Lipinski definition) is 2. The third-order valence-corrected chi connectivity index (χ3v) is 4.43. The minimum Gasteiger partial charge on any atom is -0.481 e. The summed E-state index contributed by atoms with van der Waals surface area (Å²) in [5.74, 6) is -1.15. The predicted octanol–water partition coefficient (Wildman–Crippen LogP) is 0.373. The van der Waals surface area contributed by atoms with E-state index in [9.17, 15) is 14.7 Å². The van der Waals surface area contributed by atoms with E-state index in [1.807, 2.05) is 13.8 Å². The van der Waals surface area contributed by atoms with Crippen molar-refractivity contribution in [3.63, 3.8) is 0 Å². The van der Waals surface area contributed by atoms with Crippen LogP contribution in [0.25, 0.3) is 0 Å². The molecule has 21 heavy (non-hydrogen) atoms. The zero-order chi connectivity index (χ0) is 15.6. The number of ether oxygens (including phenoxy) is 1. The lowest BCUT2D eigenvalue weighted by atomic mass is 9.92. The summed E-state index contributed by atoms with van der Waals surface area (Å²) in [5.41, 5.74) is 0. The van der Waals surface area contributed by atoms with E-state index < -0.39 is 5.97 Å². The van der Waals surface area contributed by atoms with Gasteiger partial charge in [0.25, 0.3) is 0 Å². The third-order valence-electron chi connectivity index (χ3n) is 4.43. The second-order valence-corrected chi connectivity index (χ2v) is 6.02. The van der Waals surface area contributed by atoms with Crippen molar-refractivity contribution >= 4 is 12.0 Å². The van der Waals surface area contributed by atoms with E-state index in [0.717, 1.165) is 0 Å². The number of carboxylic acid groups (broad SMARTS) is 1. The van der Waals surface area contributed by atoms with Crippen molar-refractivity contribution in [3.05, 3.63) is 0 Å². The maximum atomic E-state index is 12.7. The number of carboxylic acids is 1. The van der Waals surface area contributed by atoms with Crippen LogP contribution in [0.3, 0.4) is 0 Å². The van der Waals surface area contributed by atoms with Gasteiger partial charge in [-0.05, 0) is 26.7 Å². The van der Waals surface area contributed by atoms with Gasteiger partial charge in [0.05, 0.1) is 37.8 Å². The Morgan fingerprint density at radius 1 is 1.24 bits per heavy atom. The highest BCUT2D eigenvalue weighted by Gasteiger charge is 2.37. The van der Waals surface area contributed by atoms with Crippen LogP contribution < -0.4 is 0 Å². The molecule has 2 amide bonds. The number of urea groups is 1. The molecule has 2 fully saturated rings. The molecule has 2 aliphatic heterocycles. The average Bonchev–Trinajstić information content (AvgIpc) is 2.47. The topological polar surface area (TPSA) is 90.3 Å². The Hall–Kier alpha value is -1.34. The van der Waals surface area contributed by atoms with E-state index in [2.05, 4.69) is 0 Å². The maximum absolute atomic E-state index is 12.7. The number of carbonyl (C=O) groups excluding carboxylic acids is 1. The van der Waals surface area contributed by atoms with Gasteiger partial charge in [0.1, 0.15) is 0 Å². The lowest BCUT2D eigenvalue weighted by Gasteiger charge is -2.44. The van der Waals surface area contributed by atoms with Gasteiger partial charge in [-0.3, -0.25) is 4.79 Å². The molecule has 2 N–H and O–H groups in total. The number of piperidine rings is 1. The molecule has 0 radical (unpaired) electrons. The van der Waals surface area contributed by atoms with Gasteiger partial charge in [0.15, 0.2) is 0 Å². The van der Waals surface area contributed by atoms with Gasteiger partial charge in [-0.2, -0.15) is 0 Å². The first-order valence-electron chi connectivity index (χ1n) is 7.46. The molecule has 4 unspecified atom stereocenters. The molecule has 2 saturated heterocycles. The Balaban J connectivity index is 2.00. The van der Waals surface area contributed by atoms with E-state index in [-0.39, 0.29) is 36.7 Å². The second kappa shape index (κ2) is 6.62. The summed E-state index contributed by atoms with van der Waals surface area (Å²) >= 11 is 0. The highest BCUT2D eigenvalue weighted by molar-refractivity contribution is 5.76. The van der Waals surface area contributed by atoms with Crippen molar-refractivity contribution in [2.45, 2.75) is 44.9 Å². The Labute approximate surface area is 124 Å². The fourth-order valence-electron chi connectivity index (χ4n) is 3.04. The molecule has 2 aliphatic rings. The van der Waals surface area contributed by atoms with Gasteiger partial charge in [0.2, 0.25) is 0 Å². The number of nitrogens with zero attached hydrogens (tertiary/aromatic N) is 2. The summed E-state index contributed by atoms with van der Waals surface area (Å²) in [7, 11) is 0. The van der Waals surface area contributed by atoms with Crippen LogP contribution in [0.1, 0.15) is 26.7 Å². The quantitative estimate of drug-likeness (QED) is 0.769. The monoisotopic (exact) mass is 300 g/mol. The van der Waals surface area contributed by atoms with Crippen molar-refractivity contribution in [1.82, 2.24) is 9.80 Å². The molecule has 0 saturated carbocycles. The molecule has 2 rings (SSSR count). The smallest absolute Gasteiger partial charge is 0.320 e. The van der Waals surface area contributed by atoms with Gasteiger partial charge >= 0.3 is 12.0 Å². The summed E-state index contributed by atoms with van der Waals surface area (Å²) in [6.07, 6.45) is 0.647. The molecule has 120 valence electrons. The summed E-state index contributed by atoms with van der Waals surface area (Å²) in [5, 5.41) is 18.3. The fourth-order valence-corrected chi connectivity index (χ4v) is 3.04. The molecular weight excluding hydrogens is 276 g/mol. The molecule has 7 heteroatoms. The normalized spacial score (nSPS) is 33.9. The SMILES string of the molecule is CC1CC(C(=O)O)CCN1C(=O)N1CC(CO)OCC1C. The molecule has 0 bridgehead atoms. The molecule has 7 nitrogen and oxygen atoms in total. The lowest BCUT2D eigenvalue weighted by molar-refractivity contribution is -0.143. The van der Waals surface area contributed by atoms with Gasteiger partial charge in [0, 0.05) is 12.6 Å². The minimum absolute atomic E-state index is 0.0373. The maximum Gasteiger partial charge on any atom is 0.320 e. The number of aliphatic hydroxyl groups excluding tert-OH is 1. The Kier molecular flexibility index (Phi) is 5.05. The highest BCUT2D eigenvalue weighted by atomic mass is 16.5. The molecule has 0 aromatic carbocycles. The van der Waals surface area contributed by atoms with Gasteiger partial charge < -0.3 is 24.7 Å². The summed E-state index contributed by atoms with van der Waals surface area (Å²) in [6, 6.07) is -0.208. The Morgan fingerprint density at radius 3 is 2.52 bits per heavy atom. The Morgan fingerprint density at radius 2 is 1.95 bits per heavy atom. The van der Waals surface area contributed by atoms with Crippen LogP contribution in [-0.4, -0.2) is 76.5 Å². The van der Waals surface area contributed by atoms with Crippen LogP contribution in [0.4, 0.5) is 4.79 Å². The number of aliphatic hydroxyl groups is 1. The van der Waals surface area contributed by atoms with Crippen LogP contribution >= 0.6 is 0 Å². The average molecular weight is 300 g/mol. The van der Waals surface area contributed by atoms with Crippen molar-refractivity contribution in [2.75, 3.05) is 26.3 Å². The van der Waals surface area contributed by atoms with Crippen molar-refractivity contribution < 1.29 is 24.5 Å². The lowest BCUT2D eigenvalue weighted by Crippen LogP contribution is -2.58. The van der Waals surface area contributed by atoms with Crippen LogP contribution in [0.2, 0.25) is 0 Å². The first-order valence-corrected chi connectivity index (χ1v) is 7.46. The van der Waals surface area contributed by atoms with E-state index in [4.69, 9.17) is 9.84 Å². The number of hydrogen-bond acceptors (Lipinski definition) is 4. The van der Waals surface area contributed by atoms with Gasteiger partial charge in [-0.25, -0.2) is 4.79 Å². The van der Waals surface area contributed by atoms with Gasteiger partial charge in [-0.15, -0.1) is 0 Å². The first-order chi connectivity index (χ1) is 9.93. The molecule has 0 aliphatic carbocycles. The number of carbonyl (C=O) groups is 2. The van der Waals surface area contributed by atoms with E-state index >= 15 is 0 Å². The first kappa shape index (κ1) is 16.0. The fraction of sp³-hybridized carbons (Fsp3) is 0.857. The number of rotatable bonds is 2. The van der Waals surface area contributed by atoms with E-state index in [1.54, 1.807) is 9.80 Å². The zero-order valence-electron chi connectivity index (χ0n) is 12.6. The van der Waals surface area contributed by atoms with Crippen LogP contribution in [-0.2, 0) is 9.53 Å². The molecule has 2 heterocycles. The highest BCUT2D eigenvalue weighted by Crippen LogP contribution is 2.25. The molecular formula is C14H24N2O5.